The lowest BCUT2D eigenvalue weighted by molar-refractivity contribution is 0.583. The number of benzene rings is 1. The third kappa shape index (κ3) is 2.01. The molecule has 0 saturated heterocycles. The molecule has 0 amide bonds. The van der Waals surface area contributed by atoms with Crippen LogP contribution in [0.4, 0.5) is 20.5 Å². The SMILES string of the molecule is Cc1ccc(F)c(-c2cc(N)nc(N)n2)c1F. The number of hydrogen-bond donors (Lipinski definition) is 2. The summed E-state index contributed by atoms with van der Waals surface area (Å²) >= 11 is 0. The Labute approximate surface area is 96.3 Å². The van der Waals surface area contributed by atoms with Crippen molar-refractivity contribution in [2.75, 3.05) is 11.5 Å². The van der Waals surface area contributed by atoms with E-state index in [2.05, 4.69) is 9.97 Å². The summed E-state index contributed by atoms with van der Waals surface area (Å²) in [5.41, 5.74) is 11.0. The molecule has 0 radical (unpaired) electrons. The lowest BCUT2D eigenvalue weighted by Gasteiger charge is -2.07. The molecule has 2 aromatic rings. The van der Waals surface area contributed by atoms with Crippen LogP contribution in [0.25, 0.3) is 11.3 Å². The zero-order valence-electron chi connectivity index (χ0n) is 9.04. The van der Waals surface area contributed by atoms with Crippen molar-refractivity contribution in [2.24, 2.45) is 0 Å². The van der Waals surface area contributed by atoms with Crippen LogP contribution in [-0.2, 0) is 0 Å². The molecule has 6 heteroatoms. The van der Waals surface area contributed by atoms with Crippen molar-refractivity contribution in [2.45, 2.75) is 6.92 Å². The Morgan fingerprint density at radius 3 is 2.47 bits per heavy atom. The average Bonchev–Trinajstić information content (AvgIpc) is 2.23. The minimum absolute atomic E-state index is 0.0358. The van der Waals surface area contributed by atoms with E-state index in [1.807, 2.05) is 0 Å². The first-order valence-electron chi connectivity index (χ1n) is 4.84. The van der Waals surface area contributed by atoms with E-state index in [0.29, 0.717) is 5.56 Å². The first kappa shape index (κ1) is 11.3. The number of hydrogen-bond acceptors (Lipinski definition) is 4. The van der Waals surface area contributed by atoms with Crippen molar-refractivity contribution in [3.05, 3.63) is 35.4 Å². The van der Waals surface area contributed by atoms with Gasteiger partial charge in [0.25, 0.3) is 0 Å². The van der Waals surface area contributed by atoms with Crippen LogP contribution in [0.1, 0.15) is 5.56 Å². The molecule has 4 nitrogen and oxygen atoms in total. The smallest absolute Gasteiger partial charge is 0.222 e. The normalized spacial score (nSPS) is 10.5. The molecule has 0 bridgehead atoms. The molecular weight excluding hydrogens is 226 g/mol. The summed E-state index contributed by atoms with van der Waals surface area (Å²) in [6.07, 6.45) is 0. The maximum absolute atomic E-state index is 13.8. The van der Waals surface area contributed by atoms with Crippen molar-refractivity contribution in [3.8, 4) is 11.3 Å². The van der Waals surface area contributed by atoms with Crippen LogP contribution < -0.4 is 11.5 Å². The zero-order chi connectivity index (χ0) is 12.6. The van der Waals surface area contributed by atoms with E-state index in [-0.39, 0.29) is 23.0 Å². The number of aryl methyl sites for hydroxylation is 1. The number of nitrogens with zero attached hydrogens (tertiary/aromatic N) is 2. The van der Waals surface area contributed by atoms with Crippen molar-refractivity contribution in [1.82, 2.24) is 9.97 Å². The Balaban J connectivity index is 2.72. The Morgan fingerprint density at radius 1 is 1.12 bits per heavy atom. The molecular formula is C11H10F2N4. The topological polar surface area (TPSA) is 77.8 Å². The van der Waals surface area contributed by atoms with Gasteiger partial charge in [0.1, 0.15) is 17.5 Å². The summed E-state index contributed by atoms with van der Waals surface area (Å²) in [5, 5.41) is 0. The Kier molecular flexibility index (Phi) is 2.63. The number of aromatic nitrogens is 2. The molecule has 1 heterocycles. The summed E-state index contributed by atoms with van der Waals surface area (Å²) in [5.74, 6) is -1.46. The number of halogens is 2. The molecule has 0 aliphatic rings. The van der Waals surface area contributed by atoms with Crippen molar-refractivity contribution >= 4 is 11.8 Å². The third-order valence-electron chi connectivity index (χ3n) is 2.30. The quantitative estimate of drug-likeness (QED) is 0.792. The summed E-state index contributed by atoms with van der Waals surface area (Å²) in [6.45, 7) is 1.53. The number of nitrogen functional groups attached to an aromatic ring is 2. The molecule has 88 valence electrons. The lowest BCUT2D eigenvalue weighted by Crippen LogP contribution is -2.03. The zero-order valence-corrected chi connectivity index (χ0v) is 9.04. The molecule has 1 aromatic carbocycles. The molecule has 0 unspecified atom stereocenters. The summed E-state index contributed by atoms with van der Waals surface area (Å²) in [7, 11) is 0. The van der Waals surface area contributed by atoms with Gasteiger partial charge in [0.05, 0.1) is 11.3 Å². The Hall–Kier alpha value is -2.24. The maximum atomic E-state index is 13.8. The van der Waals surface area contributed by atoms with Gasteiger partial charge in [-0.1, -0.05) is 6.07 Å². The Bertz CT molecular complexity index is 564. The van der Waals surface area contributed by atoms with Crippen LogP contribution in [0.2, 0.25) is 0 Å². The fourth-order valence-corrected chi connectivity index (χ4v) is 1.50. The van der Waals surface area contributed by atoms with E-state index >= 15 is 0 Å². The average molecular weight is 236 g/mol. The number of nitrogens with two attached hydrogens (primary N) is 2. The molecule has 4 N–H and O–H groups in total. The van der Waals surface area contributed by atoms with E-state index in [1.165, 1.54) is 25.1 Å². The van der Waals surface area contributed by atoms with Crippen molar-refractivity contribution < 1.29 is 8.78 Å². The van der Waals surface area contributed by atoms with Crippen LogP contribution in [0, 0.1) is 18.6 Å². The third-order valence-corrected chi connectivity index (χ3v) is 2.30. The van der Waals surface area contributed by atoms with Gasteiger partial charge in [-0.25, -0.2) is 13.8 Å². The molecule has 17 heavy (non-hydrogen) atoms. The second-order valence-corrected chi connectivity index (χ2v) is 3.59. The van der Waals surface area contributed by atoms with E-state index in [0.717, 1.165) is 0 Å². The highest BCUT2D eigenvalue weighted by Gasteiger charge is 2.15. The van der Waals surface area contributed by atoms with Gasteiger partial charge in [0, 0.05) is 6.07 Å². The summed E-state index contributed by atoms with van der Waals surface area (Å²) in [6, 6.07) is 3.79. The molecule has 0 atom stereocenters. The first-order chi connectivity index (χ1) is 7.99. The van der Waals surface area contributed by atoms with E-state index < -0.39 is 11.6 Å². The van der Waals surface area contributed by atoms with Crippen LogP contribution >= 0.6 is 0 Å². The molecule has 1 aromatic heterocycles. The molecule has 0 aliphatic heterocycles. The minimum Gasteiger partial charge on any atom is -0.384 e. The van der Waals surface area contributed by atoms with Crippen LogP contribution in [0.15, 0.2) is 18.2 Å². The van der Waals surface area contributed by atoms with Crippen molar-refractivity contribution in [3.63, 3.8) is 0 Å². The predicted octanol–water partition coefficient (Wildman–Crippen LogP) is 1.89. The van der Waals surface area contributed by atoms with Gasteiger partial charge < -0.3 is 11.5 Å². The summed E-state index contributed by atoms with van der Waals surface area (Å²) in [4.78, 5) is 7.41. The van der Waals surface area contributed by atoms with Crippen LogP contribution in [0.5, 0.6) is 0 Å². The largest absolute Gasteiger partial charge is 0.384 e. The second kappa shape index (κ2) is 3.97. The Morgan fingerprint density at radius 2 is 1.82 bits per heavy atom. The highest BCUT2D eigenvalue weighted by Crippen LogP contribution is 2.27. The summed E-state index contributed by atoms with van der Waals surface area (Å²) < 4.78 is 27.4. The van der Waals surface area contributed by atoms with Gasteiger partial charge in [-0.3, -0.25) is 0 Å². The van der Waals surface area contributed by atoms with Gasteiger partial charge in [0.15, 0.2) is 0 Å². The van der Waals surface area contributed by atoms with Crippen LogP contribution in [0.3, 0.4) is 0 Å². The lowest BCUT2D eigenvalue weighted by atomic mass is 10.1. The second-order valence-electron chi connectivity index (χ2n) is 3.59. The predicted molar refractivity (Wildman–Crippen MR) is 60.9 cm³/mol. The minimum atomic E-state index is -0.717. The highest BCUT2D eigenvalue weighted by molar-refractivity contribution is 5.65. The highest BCUT2D eigenvalue weighted by atomic mass is 19.1. The fraction of sp³-hybridized carbons (Fsp3) is 0.0909. The van der Waals surface area contributed by atoms with Crippen LogP contribution in [-0.4, -0.2) is 9.97 Å². The van der Waals surface area contributed by atoms with E-state index in [9.17, 15) is 8.78 Å². The molecule has 2 rings (SSSR count). The standard InChI is InChI=1S/C11H10F2N4/c1-5-2-3-6(12)9(10(5)13)7-4-8(14)17-11(15)16-7/h2-4H,1H3,(H4,14,15,16,17). The van der Waals surface area contributed by atoms with Gasteiger partial charge >= 0.3 is 0 Å². The molecule has 0 spiro atoms. The number of rotatable bonds is 1. The first-order valence-corrected chi connectivity index (χ1v) is 4.84. The van der Waals surface area contributed by atoms with Gasteiger partial charge in [0.2, 0.25) is 5.95 Å². The number of anilines is 2. The monoisotopic (exact) mass is 236 g/mol. The van der Waals surface area contributed by atoms with E-state index in [4.69, 9.17) is 11.5 Å². The fourth-order valence-electron chi connectivity index (χ4n) is 1.50. The molecule has 0 fully saturated rings. The molecule has 0 aliphatic carbocycles. The van der Waals surface area contributed by atoms with Gasteiger partial charge in [-0.05, 0) is 18.6 Å². The van der Waals surface area contributed by atoms with Crippen molar-refractivity contribution in [1.29, 1.82) is 0 Å². The molecule has 0 saturated carbocycles. The van der Waals surface area contributed by atoms with Gasteiger partial charge in [-0.15, -0.1) is 0 Å². The van der Waals surface area contributed by atoms with Gasteiger partial charge in [-0.2, -0.15) is 4.98 Å². The maximum Gasteiger partial charge on any atom is 0.222 e. The van der Waals surface area contributed by atoms with E-state index in [1.54, 1.807) is 0 Å².